The minimum atomic E-state index is -0.490. The van der Waals surface area contributed by atoms with Crippen molar-refractivity contribution in [1.82, 2.24) is 9.80 Å². The predicted molar refractivity (Wildman–Crippen MR) is 124 cm³/mol. The number of benzene rings is 2. The van der Waals surface area contributed by atoms with Gasteiger partial charge in [0, 0.05) is 44.4 Å². The molecule has 1 fully saturated rings. The van der Waals surface area contributed by atoms with Gasteiger partial charge in [0.05, 0.1) is 22.8 Å². The first-order chi connectivity index (χ1) is 15.9. The Morgan fingerprint density at radius 2 is 1.67 bits per heavy atom. The second-order valence-corrected chi connectivity index (χ2v) is 7.82. The van der Waals surface area contributed by atoms with Crippen LogP contribution in [-0.2, 0) is 9.59 Å². The monoisotopic (exact) mass is 450 g/mol. The summed E-state index contributed by atoms with van der Waals surface area (Å²) in [5.74, 6) is -0.278. The molecule has 0 aliphatic carbocycles. The Labute approximate surface area is 192 Å². The van der Waals surface area contributed by atoms with E-state index >= 15 is 0 Å². The molecular weight excluding hydrogens is 424 g/mol. The first-order valence-corrected chi connectivity index (χ1v) is 11.0. The summed E-state index contributed by atoms with van der Waals surface area (Å²) in [4.78, 5) is 43.3. The molecule has 0 bridgehead atoms. The summed E-state index contributed by atoms with van der Waals surface area (Å²) >= 11 is 0. The number of piperazine rings is 1. The van der Waals surface area contributed by atoms with Gasteiger partial charge >= 0.3 is 0 Å². The van der Waals surface area contributed by atoms with E-state index in [1.807, 2.05) is 11.8 Å². The summed E-state index contributed by atoms with van der Waals surface area (Å²) in [5.41, 5.74) is 1.44. The number of non-ortho nitro benzene ring substituents is 1. The fourth-order valence-electron chi connectivity index (χ4n) is 4.22. The second-order valence-electron chi connectivity index (χ2n) is 7.82. The molecule has 0 unspecified atom stereocenters. The quantitative estimate of drug-likeness (QED) is 0.364. The lowest BCUT2D eigenvalue weighted by Crippen LogP contribution is -2.47. The van der Waals surface area contributed by atoms with Crippen LogP contribution in [0.25, 0.3) is 5.57 Å². The number of carbonyl (C=O) groups excluding carboxylic acids is 2. The molecule has 0 saturated carbocycles. The lowest BCUT2D eigenvalue weighted by atomic mass is 10.0. The standard InChI is InChI=1S/C24H26N4O5/c1-3-25-12-14-26(15-13-25)22-21(17-8-10-18(11-9-17)28(31)32)23(29)27(24(22)30)19-6-5-7-20(16-19)33-4-2/h5-11,16H,3-4,12-15H2,1-2H3. The van der Waals surface area contributed by atoms with Crippen LogP contribution in [0.4, 0.5) is 11.4 Å². The number of rotatable bonds is 7. The number of anilines is 1. The molecule has 2 aromatic carbocycles. The van der Waals surface area contributed by atoms with Crippen molar-refractivity contribution in [3.63, 3.8) is 0 Å². The number of imide groups is 1. The third-order valence-corrected chi connectivity index (χ3v) is 5.95. The SMILES string of the molecule is CCOc1cccc(N2C(=O)C(c3ccc([N+](=O)[O-])cc3)=C(N3CCN(CC)CC3)C2=O)c1. The van der Waals surface area contributed by atoms with Gasteiger partial charge in [0.15, 0.2) is 0 Å². The molecule has 0 radical (unpaired) electrons. The molecule has 33 heavy (non-hydrogen) atoms. The Balaban J connectivity index is 1.76. The molecule has 2 amide bonds. The van der Waals surface area contributed by atoms with Gasteiger partial charge in [0.25, 0.3) is 17.5 Å². The fraction of sp³-hybridized carbons (Fsp3) is 0.333. The minimum absolute atomic E-state index is 0.0736. The van der Waals surface area contributed by atoms with Crippen LogP contribution in [0.3, 0.4) is 0 Å². The van der Waals surface area contributed by atoms with Gasteiger partial charge in [-0.15, -0.1) is 0 Å². The Bertz CT molecular complexity index is 1100. The van der Waals surface area contributed by atoms with Gasteiger partial charge in [-0.2, -0.15) is 0 Å². The number of hydrogen-bond acceptors (Lipinski definition) is 7. The first-order valence-electron chi connectivity index (χ1n) is 11.0. The van der Waals surface area contributed by atoms with Crippen molar-refractivity contribution in [2.75, 3.05) is 44.2 Å². The van der Waals surface area contributed by atoms with Crippen LogP contribution >= 0.6 is 0 Å². The highest BCUT2D eigenvalue weighted by molar-refractivity contribution is 6.45. The number of amides is 2. The number of nitrogens with zero attached hydrogens (tertiary/aromatic N) is 4. The molecule has 0 atom stereocenters. The summed E-state index contributed by atoms with van der Waals surface area (Å²) in [7, 11) is 0. The smallest absolute Gasteiger partial charge is 0.282 e. The van der Waals surface area contributed by atoms with Gasteiger partial charge < -0.3 is 14.5 Å². The summed E-state index contributed by atoms with van der Waals surface area (Å²) in [6, 6.07) is 12.6. The average Bonchev–Trinajstić information content (AvgIpc) is 3.09. The zero-order chi connectivity index (χ0) is 23.5. The van der Waals surface area contributed by atoms with Gasteiger partial charge in [-0.3, -0.25) is 19.7 Å². The highest BCUT2D eigenvalue weighted by atomic mass is 16.6. The predicted octanol–water partition coefficient (Wildman–Crippen LogP) is 2.92. The van der Waals surface area contributed by atoms with E-state index in [0.29, 0.717) is 42.4 Å². The van der Waals surface area contributed by atoms with Crippen molar-refractivity contribution < 1.29 is 19.2 Å². The Morgan fingerprint density at radius 1 is 0.970 bits per heavy atom. The van der Waals surface area contributed by atoms with Crippen molar-refractivity contribution >= 4 is 28.8 Å². The maximum atomic E-state index is 13.6. The molecule has 0 spiro atoms. The van der Waals surface area contributed by atoms with Crippen molar-refractivity contribution in [2.45, 2.75) is 13.8 Å². The number of ether oxygens (including phenoxy) is 1. The van der Waals surface area contributed by atoms with Crippen molar-refractivity contribution in [3.8, 4) is 5.75 Å². The zero-order valence-corrected chi connectivity index (χ0v) is 18.7. The summed E-state index contributed by atoms with van der Waals surface area (Å²) in [5, 5.41) is 11.1. The van der Waals surface area contributed by atoms with E-state index in [0.717, 1.165) is 19.6 Å². The van der Waals surface area contributed by atoms with E-state index in [4.69, 9.17) is 4.74 Å². The lowest BCUT2D eigenvalue weighted by molar-refractivity contribution is -0.384. The number of likely N-dealkylation sites (N-methyl/N-ethyl adjacent to an activating group) is 1. The molecule has 9 heteroatoms. The van der Waals surface area contributed by atoms with Crippen molar-refractivity contribution in [1.29, 1.82) is 0 Å². The van der Waals surface area contributed by atoms with Crippen LogP contribution in [-0.4, -0.2) is 65.9 Å². The number of nitro groups is 1. The van der Waals surface area contributed by atoms with Crippen LogP contribution in [0.2, 0.25) is 0 Å². The lowest BCUT2D eigenvalue weighted by Gasteiger charge is -2.36. The van der Waals surface area contributed by atoms with Crippen molar-refractivity contribution in [3.05, 3.63) is 69.9 Å². The van der Waals surface area contributed by atoms with Crippen LogP contribution < -0.4 is 9.64 Å². The van der Waals surface area contributed by atoms with Crippen molar-refractivity contribution in [2.24, 2.45) is 0 Å². The average molecular weight is 450 g/mol. The van der Waals surface area contributed by atoms with E-state index in [-0.39, 0.29) is 11.3 Å². The summed E-state index contributed by atoms with van der Waals surface area (Å²) in [6.07, 6.45) is 0. The number of carbonyl (C=O) groups is 2. The number of nitro benzene ring substituents is 1. The largest absolute Gasteiger partial charge is 0.494 e. The minimum Gasteiger partial charge on any atom is -0.494 e. The summed E-state index contributed by atoms with van der Waals surface area (Å²) in [6.45, 7) is 8.15. The third kappa shape index (κ3) is 4.31. The van der Waals surface area contributed by atoms with E-state index in [2.05, 4.69) is 11.8 Å². The summed E-state index contributed by atoms with van der Waals surface area (Å²) < 4.78 is 5.55. The van der Waals surface area contributed by atoms with Crippen LogP contribution in [0, 0.1) is 10.1 Å². The van der Waals surface area contributed by atoms with Gasteiger partial charge in [-0.05, 0) is 43.3 Å². The highest BCUT2D eigenvalue weighted by Gasteiger charge is 2.43. The molecule has 2 heterocycles. The molecular formula is C24H26N4O5. The molecule has 4 rings (SSSR count). The maximum Gasteiger partial charge on any atom is 0.282 e. The van der Waals surface area contributed by atoms with E-state index in [9.17, 15) is 19.7 Å². The molecule has 9 nitrogen and oxygen atoms in total. The molecule has 2 aliphatic rings. The molecule has 2 aromatic rings. The highest BCUT2D eigenvalue weighted by Crippen LogP contribution is 2.36. The first kappa shape index (κ1) is 22.5. The van der Waals surface area contributed by atoms with Gasteiger partial charge in [0.2, 0.25) is 0 Å². The van der Waals surface area contributed by atoms with Crippen LogP contribution in [0.15, 0.2) is 54.2 Å². The fourth-order valence-corrected chi connectivity index (χ4v) is 4.22. The second kappa shape index (κ2) is 9.41. The normalized spacial score (nSPS) is 17.2. The Morgan fingerprint density at radius 3 is 2.27 bits per heavy atom. The van der Waals surface area contributed by atoms with Gasteiger partial charge in [0.1, 0.15) is 11.4 Å². The molecule has 1 saturated heterocycles. The molecule has 0 aromatic heterocycles. The van der Waals surface area contributed by atoms with Gasteiger partial charge in [-0.1, -0.05) is 13.0 Å². The Hall–Kier alpha value is -3.72. The van der Waals surface area contributed by atoms with E-state index in [1.54, 1.807) is 24.3 Å². The van der Waals surface area contributed by atoms with E-state index in [1.165, 1.54) is 29.2 Å². The maximum absolute atomic E-state index is 13.6. The Kier molecular flexibility index (Phi) is 6.41. The topological polar surface area (TPSA) is 96.2 Å². The number of hydrogen-bond donors (Lipinski definition) is 0. The molecule has 2 aliphatic heterocycles. The van der Waals surface area contributed by atoms with Gasteiger partial charge in [-0.25, -0.2) is 4.90 Å². The van der Waals surface area contributed by atoms with E-state index < -0.39 is 16.7 Å². The third-order valence-electron chi connectivity index (χ3n) is 5.95. The van der Waals surface area contributed by atoms with Crippen LogP contribution in [0.5, 0.6) is 5.75 Å². The molecule has 0 N–H and O–H groups in total. The van der Waals surface area contributed by atoms with Crippen LogP contribution in [0.1, 0.15) is 19.4 Å². The molecule has 172 valence electrons. The zero-order valence-electron chi connectivity index (χ0n) is 18.7.